The first-order valence-electron chi connectivity index (χ1n) is 13.3. The fourth-order valence-electron chi connectivity index (χ4n) is 4.15. The van der Waals surface area contributed by atoms with Crippen LogP contribution in [-0.4, -0.2) is 36.2 Å². The minimum Gasteiger partial charge on any atom is -0.459 e. The quantitative estimate of drug-likeness (QED) is 0.0977. The van der Waals surface area contributed by atoms with E-state index in [-0.39, 0.29) is 19.1 Å². The lowest BCUT2D eigenvalue weighted by Gasteiger charge is -2.12. The summed E-state index contributed by atoms with van der Waals surface area (Å²) in [4.78, 5) is 36.6. The molecule has 1 atom stereocenters. The highest BCUT2D eigenvalue weighted by Gasteiger charge is 2.14. The number of aryl methyl sites for hydroxylation is 1. The highest BCUT2D eigenvalue weighted by molar-refractivity contribution is 5.81. The van der Waals surface area contributed by atoms with E-state index in [1.54, 1.807) is 0 Å². The van der Waals surface area contributed by atoms with Gasteiger partial charge in [-0.15, -0.1) is 10.1 Å². The molecule has 202 valence electrons. The molecule has 1 aliphatic rings. The first-order valence-corrected chi connectivity index (χ1v) is 13.3. The van der Waals surface area contributed by atoms with E-state index in [1.165, 1.54) is 70.3 Å². The standard InChI is InChI=1S/C16H24.C12H20N2O6/c1-3-9-15(10-4-1)11-5-2-6-12-16-13-7-8-14-16;1-3-4-5-6-7-11(15)13-8-12(16)20-10(2)9-19-14(17)18/h1,3-4,9-10,16H,2,5-8,11-14H2;3-4,10H,5-9H2,1-2H3,(H,13,15)/b;4-3-. The van der Waals surface area contributed by atoms with Gasteiger partial charge in [0.1, 0.15) is 19.3 Å². The smallest absolute Gasteiger partial charge is 0.325 e. The number of hydrogen-bond acceptors (Lipinski definition) is 6. The van der Waals surface area contributed by atoms with Crippen molar-refractivity contribution in [1.29, 1.82) is 0 Å². The van der Waals surface area contributed by atoms with Crippen LogP contribution < -0.4 is 5.32 Å². The van der Waals surface area contributed by atoms with Crippen LogP contribution in [0.5, 0.6) is 0 Å². The number of esters is 1. The van der Waals surface area contributed by atoms with Gasteiger partial charge in [-0.05, 0) is 51.0 Å². The van der Waals surface area contributed by atoms with Gasteiger partial charge in [0.15, 0.2) is 0 Å². The highest BCUT2D eigenvalue weighted by atomic mass is 17.0. The van der Waals surface area contributed by atoms with Crippen LogP contribution in [0.4, 0.5) is 0 Å². The summed E-state index contributed by atoms with van der Waals surface area (Å²) in [7, 11) is 0. The molecule has 0 spiro atoms. The number of nitrogens with one attached hydrogen (secondary N) is 1. The van der Waals surface area contributed by atoms with Crippen LogP contribution in [0.1, 0.15) is 90.0 Å². The third-order valence-corrected chi connectivity index (χ3v) is 6.08. The Morgan fingerprint density at radius 2 is 1.86 bits per heavy atom. The number of nitrogens with zero attached hydrogens (tertiary/aromatic N) is 1. The predicted octanol–water partition coefficient (Wildman–Crippen LogP) is 5.97. The second-order valence-electron chi connectivity index (χ2n) is 9.29. The van der Waals surface area contributed by atoms with E-state index in [0.29, 0.717) is 12.8 Å². The minimum atomic E-state index is -0.961. The molecule has 8 nitrogen and oxygen atoms in total. The van der Waals surface area contributed by atoms with Gasteiger partial charge in [-0.1, -0.05) is 87.4 Å². The lowest BCUT2D eigenvalue weighted by Crippen LogP contribution is -2.33. The van der Waals surface area contributed by atoms with E-state index in [2.05, 4.69) is 40.5 Å². The number of amides is 1. The highest BCUT2D eigenvalue weighted by Crippen LogP contribution is 2.29. The number of carbonyl (C=O) groups is 2. The molecule has 1 aliphatic carbocycles. The van der Waals surface area contributed by atoms with E-state index in [1.807, 2.05) is 19.1 Å². The second kappa shape index (κ2) is 20.3. The molecule has 1 fully saturated rings. The summed E-state index contributed by atoms with van der Waals surface area (Å²) in [5.74, 6) is 0.184. The van der Waals surface area contributed by atoms with Gasteiger partial charge in [0.05, 0.1) is 0 Å². The van der Waals surface area contributed by atoms with Gasteiger partial charge in [-0.2, -0.15) is 0 Å². The molecule has 36 heavy (non-hydrogen) atoms. The second-order valence-corrected chi connectivity index (χ2v) is 9.29. The average molecular weight is 505 g/mol. The van der Waals surface area contributed by atoms with Crippen molar-refractivity contribution in [1.82, 2.24) is 5.32 Å². The zero-order valence-electron chi connectivity index (χ0n) is 22.0. The SMILES string of the molecule is C/C=C\CCCC(=O)NCC(=O)OC(C)CO[N+](=O)[O-].c1ccc(CCCCCC2CCCC2)cc1. The van der Waals surface area contributed by atoms with Gasteiger partial charge in [-0.25, -0.2) is 0 Å². The number of rotatable bonds is 16. The summed E-state index contributed by atoms with van der Waals surface area (Å²) in [6, 6.07) is 10.9. The number of benzene rings is 1. The van der Waals surface area contributed by atoms with Crippen LogP contribution in [0.3, 0.4) is 0 Å². The van der Waals surface area contributed by atoms with E-state index < -0.39 is 17.2 Å². The predicted molar refractivity (Wildman–Crippen MR) is 141 cm³/mol. The zero-order valence-corrected chi connectivity index (χ0v) is 22.0. The van der Waals surface area contributed by atoms with Crippen molar-refractivity contribution in [3.63, 3.8) is 0 Å². The van der Waals surface area contributed by atoms with Crippen molar-refractivity contribution in [2.45, 2.75) is 97.0 Å². The number of allylic oxidation sites excluding steroid dienone is 2. The first kappa shape index (κ1) is 31.1. The van der Waals surface area contributed by atoms with Crippen molar-refractivity contribution in [3.8, 4) is 0 Å². The fraction of sp³-hybridized carbons (Fsp3) is 0.643. The Kier molecular flexibility index (Phi) is 17.6. The molecule has 1 aromatic rings. The zero-order chi connectivity index (χ0) is 26.4. The molecule has 2 rings (SSSR count). The summed E-state index contributed by atoms with van der Waals surface area (Å²) in [5.41, 5.74) is 1.50. The summed E-state index contributed by atoms with van der Waals surface area (Å²) in [6.45, 7) is 2.77. The Bertz CT molecular complexity index is 763. The molecule has 1 aromatic carbocycles. The average Bonchev–Trinajstić information content (AvgIpc) is 3.39. The van der Waals surface area contributed by atoms with Gasteiger partial charge in [0, 0.05) is 6.42 Å². The van der Waals surface area contributed by atoms with Crippen molar-refractivity contribution in [2.75, 3.05) is 13.2 Å². The molecule has 8 heteroatoms. The Labute approximate surface area is 215 Å². The third-order valence-electron chi connectivity index (χ3n) is 6.08. The molecule has 0 heterocycles. The molecule has 1 amide bonds. The van der Waals surface area contributed by atoms with Crippen LogP contribution >= 0.6 is 0 Å². The largest absolute Gasteiger partial charge is 0.459 e. The molecule has 1 unspecified atom stereocenters. The van der Waals surface area contributed by atoms with Crippen molar-refractivity contribution < 1.29 is 24.3 Å². The Morgan fingerprint density at radius 1 is 1.14 bits per heavy atom. The number of unbranched alkanes of at least 4 members (excludes halogenated alkanes) is 3. The minimum absolute atomic E-state index is 0.236. The molecule has 0 aliphatic heterocycles. The molecule has 1 N–H and O–H groups in total. The van der Waals surface area contributed by atoms with E-state index in [9.17, 15) is 19.7 Å². The summed E-state index contributed by atoms with van der Waals surface area (Å²) < 4.78 is 4.80. The Hall–Kier alpha value is -2.90. The molecule has 0 radical (unpaired) electrons. The van der Waals surface area contributed by atoms with Gasteiger partial charge < -0.3 is 14.9 Å². The lowest BCUT2D eigenvalue weighted by atomic mass is 9.98. The fourth-order valence-corrected chi connectivity index (χ4v) is 4.15. The molecule has 0 aromatic heterocycles. The lowest BCUT2D eigenvalue weighted by molar-refractivity contribution is -0.759. The van der Waals surface area contributed by atoms with E-state index in [4.69, 9.17) is 4.74 Å². The maximum Gasteiger partial charge on any atom is 0.325 e. The number of carbonyl (C=O) groups excluding carboxylic acids is 2. The third kappa shape index (κ3) is 17.5. The van der Waals surface area contributed by atoms with Gasteiger partial charge in [-0.3, -0.25) is 9.59 Å². The monoisotopic (exact) mass is 504 g/mol. The van der Waals surface area contributed by atoms with Crippen LogP contribution in [-0.2, 0) is 25.6 Å². The molecule has 0 saturated heterocycles. The summed E-state index contributed by atoms with van der Waals surface area (Å²) in [6.07, 6.45) is 18.0. The molecule has 0 bridgehead atoms. The Balaban J connectivity index is 0.000000367. The van der Waals surface area contributed by atoms with Crippen molar-refractivity contribution in [3.05, 3.63) is 58.2 Å². The number of ether oxygens (including phenoxy) is 1. The molecular weight excluding hydrogens is 460 g/mol. The Morgan fingerprint density at radius 3 is 2.53 bits per heavy atom. The summed E-state index contributed by atoms with van der Waals surface area (Å²) >= 11 is 0. The van der Waals surface area contributed by atoms with Crippen LogP contribution in [0, 0.1) is 16.0 Å². The normalized spacial score (nSPS) is 14.1. The van der Waals surface area contributed by atoms with Crippen molar-refractivity contribution >= 4 is 11.9 Å². The number of hydrogen-bond donors (Lipinski definition) is 1. The topological polar surface area (TPSA) is 108 Å². The van der Waals surface area contributed by atoms with E-state index >= 15 is 0 Å². The first-order chi connectivity index (χ1) is 17.4. The summed E-state index contributed by atoms with van der Waals surface area (Å²) in [5, 5.41) is 11.4. The van der Waals surface area contributed by atoms with Gasteiger partial charge >= 0.3 is 5.97 Å². The van der Waals surface area contributed by atoms with Crippen LogP contribution in [0.15, 0.2) is 42.5 Å². The van der Waals surface area contributed by atoms with Crippen LogP contribution in [0.25, 0.3) is 0 Å². The maximum atomic E-state index is 11.4. The van der Waals surface area contributed by atoms with Crippen LogP contribution in [0.2, 0.25) is 0 Å². The molecule has 1 saturated carbocycles. The van der Waals surface area contributed by atoms with Gasteiger partial charge in [0.25, 0.3) is 5.09 Å². The molecular formula is C28H44N2O6. The maximum absolute atomic E-state index is 11.4. The van der Waals surface area contributed by atoms with Crippen molar-refractivity contribution in [2.24, 2.45) is 5.92 Å². The van der Waals surface area contributed by atoms with E-state index in [0.717, 1.165) is 12.3 Å². The van der Waals surface area contributed by atoms with Gasteiger partial charge in [0.2, 0.25) is 5.91 Å².